The summed E-state index contributed by atoms with van der Waals surface area (Å²) in [5, 5.41) is 9.05. The number of thiocarbonyl (C=S) groups is 1. The van der Waals surface area contributed by atoms with E-state index in [4.69, 9.17) is 35.4 Å². The van der Waals surface area contributed by atoms with E-state index in [-0.39, 0.29) is 0 Å². The van der Waals surface area contributed by atoms with Gasteiger partial charge in [-0.2, -0.15) is 0 Å². The molecule has 0 radical (unpaired) electrons. The molecule has 1 unspecified atom stereocenters. The van der Waals surface area contributed by atoms with Gasteiger partial charge in [-0.25, -0.2) is 0 Å². The van der Waals surface area contributed by atoms with E-state index in [0.717, 1.165) is 18.5 Å². The Bertz CT molecular complexity index is 1040. The number of hydrogen-bond acceptors (Lipinski definition) is 2. The summed E-state index contributed by atoms with van der Waals surface area (Å²) in [7, 11) is 4.31. The topological polar surface area (TPSA) is 43.1 Å². The lowest BCUT2D eigenvalue weighted by Crippen LogP contribution is -2.33. The standard InChI is InChI=1S/C21H22Cl2N4S/c1-27(2)13-7-9-18-15(11-13)14-10-12(6-8-17(14)25-18)24-21(28)26-19-5-3-4-16(22)20(19)23/h3-6,8,10,13,25H,7,9,11H2,1-2H3,(H2,24,26,28). The zero-order valence-electron chi connectivity index (χ0n) is 15.8. The van der Waals surface area contributed by atoms with E-state index >= 15 is 0 Å². The third-order valence-corrected chi connectivity index (χ3v) is 6.37. The van der Waals surface area contributed by atoms with Crippen molar-refractivity contribution in [1.82, 2.24) is 9.88 Å². The number of aryl methyl sites for hydroxylation is 1. The lowest BCUT2D eigenvalue weighted by atomic mass is 9.91. The van der Waals surface area contributed by atoms with E-state index in [1.54, 1.807) is 6.07 Å². The number of anilines is 2. The van der Waals surface area contributed by atoms with Crippen LogP contribution in [0.1, 0.15) is 17.7 Å². The molecule has 0 fully saturated rings. The number of benzene rings is 2. The number of nitrogens with one attached hydrogen (secondary N) is 3. The number of nitrogens with zero attached hydrogens (tertiary/aromatic N) is 1. The van der Waals surface area contributed by atoms with E-state index in [9.17, 15) is 0 Å². The van der Waals surface area contributed by atoms with Crippen LogP contribution in [-0.2, 0) is 12.8 Å². The highest BCUT2D eigenvalue weighted by Crippen LogP contribution is 2.33. The predicted octanol–water partition coefficient (Wildman–Crippen LogP) is 5.70. The van der Waals surface area contributed by atoms with Crippen LogP contribution < -0.4 is 10.6 Å². The first-order valence-electron chi connectivity index (χ1n) is 9.24. The van der Waals surface area contributed by atoms with Crippen molar-refractivity contribution in [3.63, 3.8) is 0 Å². The van der Waals surface area contributed by atoms with Gasteiger partial charge in [-0.15, -0.1) is 0 Å². The van der Waals surface area contributed by atoms with Crippen molar-refractivity contribution in [1.29, 1.82) is 0 Å². The molecule has 4 nitrogen and oxygen atoms in total. The Morgan fingerprint density at radius 3 is 2.79 bits per heavy atom. The van der Waals surface area contributed by atoms with Crippen molar-refractivity contribution in [2.45, 2.75) is 25.3 Å². The summed E-state index contributed by atoms with van der Waals surface area (Å²) in [6.07, 6.45) is 3.34. The maximum atomic E-state index is 6.23. The second-order valence-electron chi connectivity index (χ2n) is 7.38. The van der Waals surface area contributed by atoms with Crippen LogP contribution in [0.4, 0.5) is 11.4 Å². The first kappa shape index (κ1) is 19.5. The molecule has 3 aromatic rings. The minimum atomic E-state index is 0.457. The highest BCUT2D eigenvalue weighted by molar-refractivity contribution is 7.80. The molecular weight excluding hydrogens is 411 g/mol. The first-order valence-corrected chi connectivity index (χ1v) is 10.4. The summed E-state index contributed by atoms with van der Waals surface area (Å²) >= 11 is 17.8. The Morgan fingerprint density at radius 2 is 2.00 bits per heavy atom. The Morgan fingerprint density at radius 1 is 1.18 bits per heavy atom. The van der Waals surface area contributed by atoms with E-state index in [0.29, 0.717) is 26.9 Å². The first-order chi connectivity index (χ1) is 13.4. The molecule has 0 amide bonds. The molecule has 1 aliphatic carbocycles. The van der Waals surface area contributed by atoms with Gasteiger partial charge in [-0.05, 0) is 81.5 Å². The third-order valence-electron chi connectivity index (χ3n) is 5.35. The number of H-pyrrole nitrogens is 1. The molecule has 3 N–H and O–H groups in total. The van der Waals surface area contributed by atoms with Crippen molar-refractivity contribution < 1.29 is 0 Å². The van der Waals surface area contributed by atoms with Crippen LogP contribution in [0, 0.1) is 0 Å². The molecule has 0 bridgehead atoms. The molecule has 1 heterocycles. The lowest BCUT2D eigenvalue weighted by Gasteiger charge is -2.28. The summed E-state index contributed by atoms with van der Waals surface area (Å²) in [5.74, 6) is 0. The van der Waals surface area contributed by atoms with Crippen LogP contribution in [0.15, 0.2) is 36.4 Å². The minimum absolute atomic E-state index is 0.457. The van der Waals surface area contributed by atoms with Crippen molar-refractivity contribution in [3.8, 4) is 0 Å². The molecule has 0 spiro atoms. The van der Waals surface area contributed by atoms with Gasteiger partial charge in [0.2, 0.25) is 0 Å². The maximum absolute atomic E-state index is 6.23. The summed E-state index contributed by atoms with van der Waals surface area (Å²) < 4.78 is 0. The average Bonchev–Trinajstić information content (AvgIpc) is 3.02. The Balaban J connectivity index is 1.55. The number of aromatic amines is 1. The van der Waals surface area contributed by atoms with Crippen molar-refractivity contribution in [3.05, 3.63) is 57.7 Å². The number of rotatable bonds is 3. The maximum Gasteiger partial charge on any atom is 0.175 e. The second-order valence-corrected chi connectivity index (χ2v) is 8.58. The highest BCUT2D eigenvalue weighted by atomic mass is 35.5. The lowest BCUT2D eigenvalue weighted by molar-refractivity contribution is 0.268. The normalized spacial score (nSPS) is 16.2. The molecule has 7 heteroatoms. The molecule has 0 aliphatic heterocycles. The second kappa shape index (κ2) is 7.91. The largest absolute Gasteiger partial charge is 0.358 e. The van der Waals surface area contributed by atoms with Crippen molar-refractivity contribution >= 4 is 62.8 Å². The smallest absolute Gasteiger partial charge is 0.175 e. The highest BCUT2D eigenvalue weighted by Gasteiger charge is 2.23. The fraction of sp³-hybridized carbons (Fsp3) is 0.286. The molecule has 0 saturated carbocycles. The van der Waals surface area contributed by atoms with Gasteiger partial charge in [0.1, 0.15) is 0 Å². The Labute approximate surface area is 180 Å². The Kier molecular flexibility index (Phi) is 5.52. The molecule has 4 rings (SSSR count). The van der Waals surface area contributed by atoms with E-state index in [1.165, 1.54) is 28.6 Å². The molecule has 1 aliphatic rings. The van der Waals surface area contributed by atoms with Gasteiger partial charge < -0.3 is 20.5 Å². The number of aromatic nitrogens is 1. The number of fused-ring (bicyclic) bond motifs is 3. The zero-order chi connectivity index (χ0) is 19.8. The van der Waals surface area contributed by atoms with Gasteiger partial charge in [-0.1, -0.05) is 29.3 Å². The molecule has 1 aromatic heterocycles. The summed E-state index contributed by atoms with van der Waals surface area (Å²) in [6.45, 7) is 0. The quantitative estimate of drug-likeness (QED) is 0.464. The molecular formula is C21H22Cl2N4S. The van der Waals surface area contributed by atoms with Crippen molar-refractivity contribution in [2.24, 2.45) is 0 Å². The fourth-order valence-corrected chi connectivity index (χ4v) is 4.38. The molecule has 28 heavy (non-hydrogen) atoms. The fourth-order valence-electron chi connectivity index (χ4n) is 3.80. The van der Waals surface area contributed by atoms with E-state index in [1.807, 2.05) is 18.2 Å². The van der Waals surface area contributed by atoms with Crippen LogP contribution >= 0.6 is 35.4 Å². The van der Waals surface area contributed by atoms with Gasteiger partial charge in [0.05, 0.1) is 15.7 Å². The van der Waals surface area contributed by atoms with E-state index in [2.05, 4.69) is 46.7 Å². The van der Waals surface area contributed by atoms with Crippen molar-refractivity contribution in [2.75, 3.05) is 24.7 Å². The SMILES string of the molecule is CN(C)C1CCc2[nH]c3ccc(NC(=S)Nc4cccc(Cl)c4Cl)cc3c2C1. The van der Waals surface area contributed by atoms with Gasteiger partial charge in [0.15, 0.2) is 5.11 Å². The predicted molar refractivity (Wildman–Crippen MR) is 124 cm³/mol. The molecule has 146 valence electrons. The Hall–Kier alpha value is -1.79. The number of halogens is 2. The third kappa shape index (κ3) is 3.85. The van der Waals surface area contributed by atoms with Crippen LogP contribution in [0.5, 0.6) is 0 Å². The summed E-state index contributed by atoms with van der Waals surface area (Å²) in [4.78, 5) is 5.90. The zero-order valence-corrected chi connectivity index (χ0v) is 18.1. The minimum Gasteiger partial charge on any atom is -0.358 e. The van der Waals surface area contributed by atoms with Crippen LogP contribution in [-0.4, -0.2) is 35.1 Å². The van der Waals surface area contributed by atoms with Gasteiger partial charge >= 0.3 is 0 Å². The van der Waals surface area contributed by atoms with Crippen LogP contribution in [0.2, 0.25) is 10.0 Å². The monoisotopic (exact) mass is 432 g/mol. The van der Waals surface area contributed by atoms with Gasteiger partial charge in [0, 0.05) is 28.3 Å². The van der Waals surface area contributed by atoms with Crippen LogP contribution in [0.3, 0.4) is 0 Å². The molecule has 2 aromatic carbocycles. The average molecular weight is 433 g/mol. The van der Waals surface area contributed by atoms with Gasteiger partial charge in [-0.3, -0.25) is 0 Å². The number of hydrogen-bond donors (Lipinski definition) is 3. The molecule has 0 saturated heterocycles. The molecule has 1 atom stereocenters. The summed E-state index contributed by atoms with van der Waals surface area (Å²) in [6, 6.07) is 12.3. The van der Waals surface area contributed by atoms with E-state index < -0.39 is 0 Å². The van der Waals surface area contributed by atoms with Gasteiger partial charge in [0.25, 0.3) is 0 Å². The number of likely N-dealkylation sites (N-methyl/N-ethyl adjacent to an activating group) is 1. The van der Waals surface area contributed by atoms with Crippen LogP contribution in [0.25, 0.3) is 10.9 Å². The summed E-state index contributed by atoms with van der Waals surface area (Å²) in [5.41, 5.74) is 5.57.